The Morgan fingerprint density at radius 3 is 3.00 bits per heavy atom. The van der Waals surface area contributed by atoms with Gasteiger partial charge in [0.1, 0.15) is 0 Å². The molecule has 2 heterocycles. The van der Waals surface area contributed by atoms with Gasteiger partial charge in [0.05, 0.1) is 11.5 Å². The van der Waals surface area contributed by atoms with Crippen LogP contribution < -0.4 is 0 Å². The molecule has 0 amide bonds. The predicted octanol–water partition coefficient (Wildman–Crippen LogP) is 2.89. The molecular formula is C14H18O2S2. The van der Waals surface area contributed by atoms with E-state index in [1.165, 1.54) is 17.7 Å². The van der Waals surface area contributed by atoms with Crippen molar-refractivity contribution in [2.24, 2.45) is 0 Å². The molecule has 2 rings (SSSR count). The van der Waals surface area contributed by atoms with Crippen LogP contribution in [0.4, 0.5) is 0 Å². The molecule has 0 spiro atoms. The second-order valence-corrected chi connectivity index (χ2v) is 6.62. The smallest absolute Gasteiger partial charge is 0.0771 e. The third-order valence-corrected chi connectivity index (χ3v) is 5.34. The highest BCUT2D eigenvalue weighted by molar-refractivity contribution is 7.99. The summed E-state index contributed by atoms with van der Waals surface area (Å²) in [5.41, 5.74) is 0. The van der Waals surface area contributed by atoms with Crippen molar-refractivity contribution >= 4 is 23.1 Å². The first-order valence-corrected chi connectivity index (χ1v) is 8.13. The average Bonchev–Trinajstić information content (AvgIpc) is 2.86. The van der Waals surface area contributed by atoms with Crippen LogP contribution >= 0.6 is 23.1 Å². The van der Waals surface area contributed by atoms with E-state index < -0.39 is 0 Å². The zero-order chi connectivity index (χ0) is 12.6. The fraction of sp³-hybridized carbons (Fsp3) is 0.571. The van der Waals surface area contributed by atoms with E-state index in [4.69, 9.17) is 9.84 Å². The molecule has 0 bridgehead atoms. The fourth-order valence-electron chi connectivity index (χ4n) is 1.77. The summed E-state index contributed by atoms with van der Waals surface area (Å²) in [4.78, 5) is 2.49. The second-order valence-electron chi connectivity index (χ2n) is 4.16. The lowest BCUT2D eigenvalue weighted by molar-refractivity contribution is 0.1000. The molecular weight excluding hydrogens is 264 g/mol. The third kappa shape index (κ3) is 4.66. The lowest BCUT2D eigenvalue weighted by Crippen LogP contribution is -2.17. The molecule has 0 aromatic carbocycles. The first-order chi connectivity index (χ1) is 8.88. The van der Waals surface area contributed by atoms with Crippen molar-refractivity contribution in [1.82, 2.24) is 0 Å². The van der Waals surface area contributed by atoms with Gasteiger partial charge in [0.15, 0.2) is 0 Å². The van der Waals surface area contributed by atoms with Crippen LogP contribution in [0.1, 0.15) is 29.0 Å². The lowest BCUT2D eigenvalue weighted by Gasteiger charge is -2.20. The van der Waals surface area contributed by atoms with E-state index in [1.54, 1.807) is 11.3 Å². The van der Waals surface area contributed by atoms with E-state index in [9.17, 15) is 0 Å². The lowest BCUT2D eigenvalue weighted by atomic mass is 10.2. The van der Waals surface area contributed by atoms with Gasteiger partial charge in [-0.25, -0.2) is 0 Å². The van der Waals surface area contributed by atoms with Crippen molar-refractivity contribution in [3.63, 3.8) is 0 Å². The van der Waals surface area contributed by atoms with E-state index >= 15 is 0 Å². The Balaban J connectivity index is 1.77. The molecule has 2 nitrogen and oxygen atoms in total. The Morgan fingerprint density at radius 2 is 2.22 bits per heavy atom. The minimum Gasteiger partial charge on any atom is -0.395 e. The summed E-state index contributed by atoms with van der Waals surface area (Å²) in [5.74, 6) is 7.12. The van der Waals surface area contributed by atoms with Crippen LogP contribution in [0.25, 0.3) is 0 Å². The SMILES string of the molecule is OCCC#Cc1ccc(CSC2CCOCC2)s1. The standard InChI is InChI=1S/C14H18O2S2/c15-8-2-1-3-13-4-5-14(18-13)11-17-12-6-9-16-10-7-12/h4-5,12,15H,2,6-11H2. The predicted molar refractivity (Wildman–Crippen MR) is 78.0 cm³/mol. The van der Waals surface area contributed by atoms with Gasteiger partial charge >= 0.3 is 0 Å². The largest absolute Gasteiger partial charge is 0.395 e. The van der Waals surface area contributed by atoms with E-state index in [2.05, 4.69) is 24.0 Å². The second kappa shape index (κ2) is 7.85. The number of ether oxygens (including phenoxy) is 1. The van der Waals surface area contributed by atoms with Crippen molar-refractivity contribution in [2.45, 2.75) is 30.3 Å². The summed E-state index contributed by atoms with van der Waals surface area (Å²) in [7, 11) is 0. The third-order valence-electron chi connectivity index (χ3n) is 2.74. The summed E-state index contributed by atoms with van der Waals surface area (Å²) in [5, 5.41) is 9.42. The van der Waals surface area contributed by atoms with Crippen LogP contribution in [0.3, 0.4) is 0 Å². The van der Waals surface area contributed by atoms with Crippen LogP contribution in [0, 0.1) is 11.8 Å². The van der Waals surface area contributed by atoms with E-state index in [0.29, 0.717) is 6.42 Å². The molecule has 1 saturated heterocycles. The van der Waals surface area contributed by atoms with Gasteiger partial charge < -0.3 is 9.84 Å². The van der Waals surface area contributed by atoms with Gasteiger partial charge in [0.2, 0.25) is 0 Å². The van der Waals surface area contributed by atoms with Crippen LogP contribution in [-0.4, -0.2) is 30.2 Å². The van der Waals surface area contributed by atoms with Gasteiger partial charge in [-0.1, -0.05) is 11.8 Å². The maximum atomic E-state index is 8.67. The quantitative estimate of drug-likeness (QED) is 0.861. The molecule has 98 valence electrons. The van der Waals surface area contributed by atoms with Crippen molar-refractivity contribution in [2.75, 3.05) is 19.8 Å². The van der Waals surface area contributed by atoms with Gasteiger partial charge in [0, 0.05) is 35.5 Å². The normalized spacial score (nSPS) is 16.3. The Labute approximate surface area is 117 Å². The highest BCUT2D eigenvalue weighted by Gasteiger charge is 2.14. The molecule has 0 aliphatic carbocycles. The zero-order valence-electron chi connectivity index (χ0n) is 10.4. The Bertz CT molecular complexity index is 411. The number of aliphatic hydroxyl groups is 1. The molecule has 1 aliphatic heterocycles. The molecule has 1 aromatic heterocycles. The molecule has 1 aromatic rings. The summed E-state index contributed by atoms with van der Waals surface area (Å²) >= 11 is 3.80. The maximum absolute atomic E-state index is 8.67. The van der Waals surface area contributed by atoms with Crippen molar-refractivity contribution in [3.05, 3.63) is 21.9 Å². The van der Waals surface area contributed by atoms with E-state index in [1.807, 2.05) is 11.8 Å². The summed E-state index contributed by atoms with van der Waals surface area (Å²) in [6.45, 7) is 1.98. The number of hydrogen-bond acceptors (Lipinski definition) is 4. The minimum absolute atomic E-state index is 0.144. The Hall–Kier alpha value is -0.470. The van der Waals surface area contributed by atoms with Crippen LogP contribution in [0.5, 0.6) is 0 Å². The van der Waals surface area contributed by atoms with Crippen molar-refractivity contribution < 1.29 is 9.84 Å². The van der Waals surface area contributed by atoms with Crippen molar-refractivity contribution in [3.8, 4) is 11.8 Å². The number of hydrogen-bond donors (Lipinski definition) is 1. The van der Waals surface area contributed by atoms with Gasteiger partial charge in [-0.2, -0.15) is 11.8 Å². The van der Waals surface area contributed by atoms with E-state index in [-0.39, 0.29) is 6.61 Å². The minimum atomic E-state index is 0.144. The highest BCUT2D eigenvalue weighted by atomic mass is 32.2. The molecule has 0 radical (unpaired) electrons. The summed E-state index contributed by atoms with van der Waals surface area (Å²) in [6, 6.07) is 4.24. The number of aliphatic hydroxyl groups excluding tert-OH is 1. The highest BCUT2D eigenvalue weighted by Crippen LogP contribution is 2.28. The zero-order valence-corrected chi connectivity index (χ0v) is 12.0. The summed E-state index contributed by atoms with van der Waals surface area (Å²) in [6.07, 6.45) is 2.92. The topological polar surface area (TPSA) is 29.5 Å². The first kappa shape index (κ1) is 14.0. The molecule has 4 heteroatoms. The average molecular weight is 282 g/mol. The fourth-order valence-corrected chi connectivity index (χ4v) is 3.91. The molecule has 1 aliphatic rings. The molecule has 1 fully saturated rings. The van der Waals surface area contributed by atoms with E-state index in [0.717, 1.165) is 29.1 Å². The van der Waals surface area contributed by atoms with Crippen molar-refractivity contribution in [1.29, 1.82) is 0 Å². The van der Waals surface area contributed by atoms with Crippen LogP contribution in [0.2, 0.25) is 0 Å². The molecule has 18 heavy (non-hydrogen) atoms. The van der Waals surface area contributed by atoms with Gasteiger partial charge in [-0.05, 0) is 25.0 Å². The van der Waals surface area contributed by atoms with Crippen LogP contribution in [-0.2, 0) is 10.5 Å². The molecule has 0 unspecified atom stereocenters. The monoisotopic (exact) mass is 282 g/mol. The maximum Gasteiger partial charge on any atom is 0.0771 e. The van der Waals surface area contributed by atoms with Gasteiger partial charge in [0.25, 0.3) is 0 Å². The summed E-state index contributed by atoms with van der Waals surface area (Å²) < 4.78 is 5.36. The van der Waals surface area contributed by atoms with Crippen LogP contribution in [0.15, 0.2) is 12.1 Å². The molecule has 1 N–H and O–H groups in total. The van der Waals surface area contributed by atoms with Gasteiger partial charge in [-0.15, -0.1) is 11.3 Å². The number of thioether (sulfide) groups is 1. The number of thiophene rings is 1. The molecule has 0 saturated carbocycles. The van der Waals surface area contributed by atoms with Gasteiger partial charge in [-0.3, -0.25) is 0 Å². The Morgan fingerprint density at radius 1 is 1.39 bits per heavy atom. The first-order valence-electron chi connectivity index (χ1n) is 6.26. The molecule has 0 atom stereocenters. The Kier molecular flexibility index (Phi) is 6.09. The number of rotatable bonds is 4.